The summed E-state index contributed by atoms with van der Waals surface area (Å²) in [4.78, 5) is 21.8. The van der Waals surface area contributed by atoms with E-state index in [2.05, 4.69) is 32.2 Å². The molecule has 35 heavy (non-hydrogen) atoms. The van der Waals surface area contributed by atoms with Crippen molar-refractivity contribution in [2.24, 2.45) is 0 Å². The molecule has 9 nitrogen and oxygen atoms in total. The van der Waals surface area contributed by atoms with E-state index in [-0.39, 0.29) is 16.8 Å². The Morgan fingerprint density at radius 1 is 1.00 bits per heavy atom. The highest BCUT2D eigenvalue weighted by atomic mass is 32.2. The number of hydrogen-bond donors (Lipinski definition) is 1. The summed E-state index contributed by atoms with van der Waals surface area (Å²) in [6.45, 7) is 6.41. The number of carbonyl (C=O) groups excluding carboxylic acids is 1. The van der Waals surface area contributed by atoms with Crippen molar-refractivity contribution in [3.63, 3.8) is 0 Å². The average molecular weight is 500 g/mol. The van der Waals surface area contributed by atoms with Gasteiger partial charge in [-0.05, 0) is 61.6 Å². The van der Waals surface area contributed by atoms with E-state index < -0.39 is 10.0 Å². The fourth-order valence-electron chi connectivity index (χ4n) is 5.05. The highest BCUT2D eigenvalue weighted by Crippen LogP contribution is 2.25. The predicted molar refractivity (Wildman–Crippen MR) is 134 cm³/mol. The molecule has 2 aliphatic heterocycles. The molecule has 2 aromatic rings. The Bertz CT molecular complexity index is 1160. The largest absolute Gasteiger partial charge is 0.379 e. The van der Waals surface area contributed by atoms with E-state index in [1.807, 2.05) is 13.0 Å². The number of piperazine rings is 1. The van der Waals surface area contributed by atoms with Gasteiger partial charge in [0, 0.05) is 51.2 Å². The molecule has 1 N–H and O–H groups in total. The highest BCUT2D eigenvalue weighted by molar-refractivity contribution is 7.89. The second-order valence-corrected chi connectivity index (χ2v) is 11.3. The molecule has 5 rings (SSSR count). The minimum Gasteiger partial charge on any atom is -0.379 e. The first-order valence-electron chi connectivity index (χ1n) is 12.4. The number of benzene rings is 1. The zero-order chi connectivity index (χ0) is 24.4. The van der Waals surface area contributed by atoms with Crippen molar-refractivity contribution in [1.29, 1.82) is 0 Å². The van der Waals surface area contributed by atoms with Gasteiger partial charge >= 0.3 is 0 Å². The normalized spacial score (nSPS) is 20.4. The standard InChI is InChI=1S/C25H33N5O4S/c1-19(25(31)27-22-6-5-20-3-2-4-21(20)17-22)28-9-11-29(12-10-28)24-8-7-23(18-26-24)35(32,33)30-13-15-34-16-14-30/h5-8,17-19H,2-4,9-16H2,1H3,(H,27,31). The number of fused-ring (bicyclic) bond motifs is 1. The lowest BCUT2D eigenvalue weighted by atomic mass is 10.1. The Morgan fingerprint density at radius 3 is 2.46 bits per heavy atom. The molecule has 0 radical (unpaired) electrons. The maximum atomic E-state index is 12.9. The van der Waals surface area contributed by atoms with E-state index in [9.17, 15) is 13.2 Å². The molecule has 188 valence electrons. The van der Waals surface area contributed by atoms with Crippen LogP contribution >= 0.6 is 0 Å². The van der Waals surface area contributed by atoms with Gasteiger partial charge in [0.15, 0.2) is 0 Å². The second kappa shape index (κ2) is 10.2. The molecule has 0 bridgehead atoms. The number of anilines is 2. The summed E-state index contributed by atoms with van der Waals surface area (Å²) >= 11 is 0. The molecule has 1 unspecified atom stereocenters. The maximum absolute atomic E-state index is 12.9. The van der Waals surface area contributed by atoms with Gasteiger partial charge in [0.05, 0.1) is 19.3 Å². The lowest BCUT2D eigenvalue weighted by Gasteiger charge is -2.38. The van der Waals surface area contributed by atoms with Crippen LogP contribution in [0.2, 0.25) is 0 Å². The van der Waals surface area contributed by atoms with Crippen LogP contribution in [0.25, 0.3) is 0 Å². The number of hydrogen-bond acceptors (Lipinski definition) is 7. The van der Waals surface area contributed by atoms with Crippen molar-refractivity contribution < 1.29 is 17.9 Å². The molecule has 1 aromatic heterocycles. The Morgan fingerprint density at radius 2 is 1.74 bits per heavy atom. The fourth-order valence-corrected chi connectivity index (χ4v) is 6.40. The number of aromatic nitrogens is 1. The lowest BCUT2D eigenvalue weighted by Crippen LogP contribution is -2.53. The van der Waals surface area contributed by atoms with Crippen molar-refractivity contribution in [3.05, 3.63) is 47.7 Å². The van der Waals surface area contributed by atoms with E-state index >= 15 is 0 Å². The van der Waals surface area contributed by atoms with Gasteiger partial charge in [0.1, 0.15) is 10.7 Å². The number of nitrogens with one attached hydrogen (secondary N) is 1. The number of aryl methyl sites for hydroxylation is 2. The van der Waals surface area contributed by atoms with E-state index in [1.54, 1.807) is 12.1 Å². The van der Waals surface area contributed by atoms with Crippen molar-refractivity contribution in [2.45, 2.75) is 37.1 Å². The van der Waals surface area contributed by atoms with Crippen molar-refractivity contribution in [3.8, 4) is 0 Å². The van der Waals surface area contributed by atoms with Crippen molar-refractivity contribution in [2.75, 3.05) is 62.7 Å². The lowest BCUT2D eigenvalue weighted by molar-refractivity contribution is -0.120. The van der Waals surface area contributed by atoms with Gasteiger partial charge in [-0.25, -0.2) is 13.4 Å². The molecule has 1 atom stereocenters. The Balaban J connectivity index is 1.15. The summed E-state index contributed by atoms with van der Waals surface area (Å²) in [5.41, 5.74) is 3.62. The number of morpholine rings is 1. The average Bonchev–Trinajstić information content (AvgIpc) is 3.37. The molecule has 1 amide bonds. The molecular formula is C25H33N5O4S. The molecule has 3 heterocycles. The summed E-state index contributed by atoms with van der Waals surface area (Å²) < 4.78 is 32.3. The summed E-state index contributed by atoms with van der Waals surface area (Å²) in [6, 6.07) is 9.41. The van der Waals surface area contributed by atoms with E-state index in [0.29, 0.717) is 26.3 Å². The Hall–Kier alpha value is -2.53. The first-order chi connectivity index (χ1) is 16.9. The molecule has 0 spiro atoms. The van der Waals surface area contributed by atoms with Crippen LogP contribution < -0.4 is 10.2 Å². The van der Waals surface area contributed by atoms with Crippen LogP contribution in [0.1, 0.15) is 24.5 Å². The number of rotatable bonds is 6. The molecule has 10 heteroatoms. The van der Waals surface area contributed by atoms with Crippen LogP contribution in [-0.2, 0) is 32.4 Å². The minimum absolute atomic E-state index is 0.00666. The molecule has 1 aromatic carbocycles. The maximum Gasteiger partial charge on any atom is 0.244 e. The van der Waals surface area contributed by atoms with Gasteiger partial charge < -0.3 is 15.0 Å². The van der Waals surface area contributed by atoms with E-state index in [4.69, 9.17) is 4.74 Å². The number of sulfonamides is 1. The number of nitrogens with zero attached hydrogens (tertiary/aromatic N) is 4. The van der Waals surface area contributed by atoms with Gasteiger partial charge in [-0.1, -0.05) is 6.07 Å². The van der Waals surface area contributed by atoms with E-state index in [0.717, 1.165) is 50.5 Å². The predicted octanol–water partition coefficient (Wildman–Crippen LogP) is 1.74. The van der Waals surface area contributed by atoms with E-state index in [1.165, 1.54) is 28.0 Å². The zero-order valence-electron chi connectivity index (χ0n) is 20.1. The van der Waals surface area contributed by atoms with Gasteiger partial charge in [-0.2, -0.15) is 4.31 Å². The van der Waals surface area contributed by atoms with Gasteiger partial charge in [-0.15, -0.1) is 0 Å². The Labute approximate surface area is 207 Å². The number of ether oxygens (including phenoxy) is 1. The third-order valence-electron chi connectivity index (χ3n) is 7.26. The minimum atomic E-state index is -3.55. The van der Waals surface area contributed by atoms with Gasteiger partial charge in [0.2, 0.25) is 15.9 Å². The summed E-state index contributed by atoms with van der Waals surface area (Å²) in [6.07, 6.45) is 4.85. The first kappa shape index (κ1) is 24.2. The topological polar surface area (TPSA) is 95.1 Å². The molecule has 3 aliphatic rings. The smallest absolute Gasteiger partial charge is 0.244 e. The monoisotopic (exact) mass is 499 g/mol. The number of pyridine rings is 1. The Kier molecular flexibility index (Phi) is 7.06. The summed E-state index contributed by atoms with van der Waals surface area (Å²) in [5.74, 6) is 0.757. The fraction of sp³-hybridized carbons (Fsp3) is 0.520. The number of carbonyl (C=O) groups is 1. The third kappa shape index (κ3) is 5.20. The quantitative estimate of drug-likeness (QED) is 0.647. The van der Waals surface area contributed by atoms with Crippen LogP contribution in [-0.4, -0.2) is 87.0 Å². The third-order valence-corrected chi connectivity index (χ3v) is 9.14. The van der Waals surface area contributed by atoms with Crippen LogP contribution in [0.4, 0.5) is 11.5 Å². The highest BCUT2D eigenvalue weighted by Gasteiger charge is 2.29. The SMILES string of the molecule is CC(C(=O)Nc1ccc2c(c1)CCC2)N1CCN(c2ccc(S(=O)(=O)N3CCOCC3)cn2)CC1. The summed E-state index contributed by atoms with van der Waals surface area (Å²) in [5, 5.41) is 3.08. The van der Waals surface area contributed by atoms with Gasteiger partial charge in [0.25, 0.3) is 0 Å². The van der Waals surface area contributed by atoms with Gasteiger partial charge in [-0.3, -0.25) is 9.69 Å². The molecule has 0 saturated carbocycles. The van der Waals surface area contributed by atoms with Crippen molar-refractivity contribution in [1.82, 2.24) is 14.2 Å². The first-order valence-corrected chi connectivity index (χ1v) is 13.8. The van der Waals surface area contributed by atoms with Crippen LogP contribution in [0.5, 0.6) is 0 Å². The van der Waals surface area contributed by atoms with Crippen LogP contribution in [0.15, 0.2) is 41.4 Å². The van der Waals surface area contributed by atoms with Crippen molar-refractivity contribution >= 4 is 27.4 Å². The molecular weight excluding hydrogens is 466 g/mol. The zero-order valence-corrected chi connectivity index (χ0v) is 21.0. The molecule has 2 saturated heterocycles. The number of amides is 1. The summed E-state index contributed by atoms with van der Waals surface area (Å²) in [7, 11) is -3.55. The second-order valence-electron chi connectivity index (χ2n) is 9.39. The molecule has 2 fully saturated rings. The molecule has 1 aliphatic carbocycles. The van der Waals surface area contributed by atoms with Crippen LogP contribution in [0.3, 0.4) is 0 Å². The van der Waals surface area contributed by atoms with Crippen LogP contribution in [0, 0.1) is 0 Å².